The highest BCUT2D eigenvalue weighted by atomic mass is 35.5. The van der Waals surface area contributed by atoms with Crippen LogP contribution in [0, 0.1) is 10.1 Å². The first-order valence-corrected chi connectivity index (χ1v) is 7.22. The summed E-state index contributed by atoms with van der Waals surface area (Å²) in [7, 11) is 2.02. The van der Waals surface area contributed by atoms with Gasteiger partial charge in [0.2, 0.25) is 0 Å². The topological polar surface area (TPSA) is 75.5 Å². The van der Waals surface area contributed by atoms with Gasteiger partial charge in [-0.1, -0.05) is 17.7 Å². The number of likely N-dealkylation sites (N-methyl/N-ethyl adjacent to an activating group) is 1. The average molecular weight is 312 g/mol. The summed E-state index contributed by atoms with van der Waals surface area (Å²) in [6.07, 6.45) is 2.38. The van der Waals surface area contributed by atoms with Gasteiger partial charge in [0.15, 0.2) is 0 Å². The maximum Gasteiger partial charge on any atom is 0.300 e. The summed E-state index contributed by atoms with van der Waals surface area (Å²) in [5.74, 6) is -0.472. The zero-order valence-corrected chi connectivity index (χ0v) is 12.8. The van der Waals surface area contributed by atoms with Gasteiger partial charge >= 0.3 is 5.69 Å². The van der Waals surface area contributed by atoms with Crippen molar-refractivity contribution in [3.8, 4) is 0 Å². The molecule has 1 aliphatic rings. The zero-order chi connectivity index (χ0) is 15.6. The number of carbonyl (C=O) groups excluding carboxylic acids is 1. The molecule has 1 N–H and O–H groups in total. The molecular weight excluding hydrogens is 294 g/mol. The first-order chi connectivity index (χ1) is 9.91. The third-order valence-electron chi connectivity index (χ3n) is 3.79. The molecule has 1 aromatic carbocycles. The van der Waals surface area contributed by atoms with Crippen molar-refractivity contribution in [2.24, 2.45) is 0 Å². The normalized spacial score (nSPS) is 15.8. The molecule has 0 aliphatic heterocycles. The fraction of sp³-hybridized carbons (Fsp3) is 0.500. The van der Waals surface area contributed by atoms with E-state index in [1.807, 2.05) is 14.0 Å². The molecule has 1 aliphatic carbocycles. The van der Waals surface area contributed by atoms with Crippen molar-refractivity contribution in [3.05, 3.63) is 38.9 Å². The van der Waals surface area contributed by atoms with Crippen LogP contribution in [-0.4, -0.2) is 41.4 Å². The number of hydrogen-bond donors (Lipinski definition) is 1. The Kier molecular flexibility index (Phi) is 4.80. The Bertz CT molecular complexity index is 560. The van der Waals surface area contributed by atoms with E-state index >= 15 is 0 Å². The molecule has 7 heteroatoms. The van der Waals surface area contributed by atoms with Crippen LogP contribution in [-0.2, 0) is 0 Å². The van der Waals surface area contributed by atoms with Gasteiger partial charge in [0.25, 0.3) is 5.91 Å². The lowest BCUT2D eigenvalue weighted by molar-refractivity contribution is -0.385. The number of nitro benzene ring substituents is 1. The number of benzene rings is 1. The largest absolute Gasteiger partial charge is 0.350 e. The van der Waals surface area contributed by atoms with E-state index in [0.29, 0.717) is 12.6 Å². The Labute approximate surface area is 128 Å². The van der Waals surface area contributed by atoms with E-state index in [1.54, 1.807) is 0 Å². The minimum absolute atomic E-state index is 0.00576. The van der Waals surface area contributed by atoms with E-state index in [-0.39, 0.29) is 22.3 Å². The lowest BCUT2D eigenvalue weighted by Crippen LogP contribution is -2.41. The van der Waals surface area contributed by atoms with Gasteiger partial charge in [-0.3, -0.25) is 19.8 Å². The van der Waals surface area contributed by atoms with Gasteiger partial charge in [0, 0.05) is 18.6 Å². The molecule has 6 nitrogen and oxygen atoms in total. The number of rotatable bonds is 6. The van der Waals surface area contributed by atoms with Crippen LogP contribution >= 0.6 is 11.6 Å². The van der Waals surface area contributed by atoms with Crippen molar-refractivity contribution in [3.63, 3.8) is 0 Å². The Morgan fingerprint density at radius 1 is 1.57 bits per heavy atom. The molecule has 0 aromatic heterocycles. The van der Waals surface area contributed by atoms with Crippen LogP contribution in [0.5, 0.6) is 0 Å². The maximum atomic E-state index is 12.1. The first kappa shape index (κ1) is 15.7. The fourth-order valence-corrected chi connectivity index (χ4v) is 2.45. The van der Waals surface area contributed by atoms with E-state index in [0.717, 1.165) is 0 Å². The van der Waals surface area contributed by atoms with Gasteiger partial charge in [-0.15, -0.1) is 0 Å². The van der Waals surface area contributed by atoms with E-state index in [1.165, 1.54) is 31.0 Å². The van der Waals surface area contributed by atoms with Gasteiger partial charge in [-0.2, -0.15) is 0 Å². The Balaban J connectivity index is 2.03. The molecule has 1 atom stereocenters. The highest BCUT2D eigenvalue weighted by Crippen LogP contribution is 2.28. The Hall–Kier alpha value is -1.66. The standard InChI is InChI=1S/C14H18ClN3O3/c1-9(17(2)10-6-7-10)8-16-14(19)11-4-3-5-12(15)13(11)18(20)21/h3-5,9-10H,6-8H2,1-2H3,(H,16,19). The molecule has 1 saturated carbocycles. The van der Waals surface area contributed by atoms with E-state index in [4.69, 9.17) is 11.6 Å². The summed E-state index contributed by atoms with van der Waals surface area (Å²) in [6, 6.07) is 5.12. The molecule has 0 saturated heterocycles. The molecule has 2 rings (SSSR count). The highest BCUT2D eigenvalue weighted by Gasteiger charge is 2.29. The van der Waals surface area contributed by atoms with Gasteiger partial charge in [0.1, 0.15) is 10.6 Å². The lowest BCUT2D eigenvalue weighted by Gasteiger charge is -2.24. The van der Waals surface area contributed by atoms with Crippen molar-refractivity contribution in [2.45, 2.75) is 31.8 Å². The third-order valence-corrected chi connectivity index (χ3v) is 4.10. The summed E-state index contributed by atoms with van der Waals surface area (Å²) in [4.78, 5) is 24.8. The lowest BCUT2D eigenvalue weighted by atomic mass is 10.1. The minimum atomic E-state index is -0.628. The van der Waals surface area contributed by atoms with Crippen LogP contribution < -0.4 is 5.32 Å². The Morgan fingerprint density at radius 3 is 2.81 bits per heavy atom. The average Bonchev–Trinajstić information content (AvgIpc) is 3.27. The number of nitro groups is 1. The second-order valence-corrected chi connectivity index (χ2v) is 5.76. The van der Waals surface area contributed by atoms with Crippen molar-refractivity contribution < 1.29 is 9.72 Å². The van der Waals surface area contributed by atoms with Crippen molar-refractivity contribution >= 4 is 23.2 Å². The van der Waals surface area contributed by atoms with Crippen LogP contribution in [0.4, 0.5) is 5.69 Å². The summed E-state index contributed by atoms with van der Waals surface area (Å²) in [5.41, 5.74) is -0.353. The zero-order valence-electron chi connectivity index (χ0n) is 12.0. The van der Waals surface area contributed by atoms with Crippen molar-refractivity contribution in [1.29, 1.82) is 0 Å². The van der Waals surface area contributed by atoms with Crippen LogP contribution in [0.25, 0.3) is 0 Å². The minimum Gasteiger partial charge on any atom is -0.350 e. The maximum absolute atomic E-state index is 12.1. The monoisotopic (exact) mass is 311 g/mol. The van der Waals surface area contributed by atoms with Crippen LogP contribution in [0.3, 0.4) is 0 Å². The Morgan fingerprint density at radius 2 is 2.24 bits per heavy atom. The van der Waals surface area contributed by atoms with Gasteiger partial charge in [0.05, 0.1) is 4.92 Å². The van der Waals surface area contributed by atoms with Crippen molar-refractivity contribution in [2.75, 3.05) is 13.6 Å². The molecule has 1 aromatic rings. The van der Waals surface area contributed by atoms with E-state index in [9.17, 15) is 14.9 Å². The molecule has 1 amide bonds. The highest BCUT2D eigenvalue weighted by molar-refractivity contribution is 6.33. The molecule has 1 unspecified atom stereocenters. The summed E-state index contributed by atoms with van der Waals surface area (Å²) in [5, 5.41) is 13.7. The number of nitrogens with one attached hydrogen (secondary N) is 1. The molecule has 1 fully saturated rings. The van der Waals surface area contributed by atoms with Crippen LogP contribution in [0.2, 0.25) is 5.02 Å². The predicted octanol–water partition coefficient (Wildman–Crippen LogP) is 2.46. The number of carbonyl (C=O) groups is 1. The molecule has 0 spiro atoms. The van der Waals surface area contributed by atoms with Gasteiger partial charge < -0.3 is 5.32 Å². The summed E-state index contributed by atoms with van der Waals surface area (Å²) >= 11 is 5.80. The second-order valence-electron chi connectivity index (χ2n) is 5.35. The molecule has 0 radical (unpaired) electrons. The fourth-order valence-electron chi connectivity index (χ4n) is 2.21. The van der Waals surface area contributed by atoms with Crippen molar-refractivity contribution in [1.82, 2.24) is 10.2 Å². The van der Waals surface area contributed by atoms with E-state index < -0.39 is 10.8 Å². The van der Waals surface area contributed by atoms with Gasteiger partial charge in [-0.05, 0) is 38.9 Å². The van der Waals surface area contributed by atoms with E-state index in [2.05, 4.69) is 10.2 Å². The van der Waals surface area contributed by atoms with Crippen LogP contribution in [0.1, 0.15) is 30.1 Å². The summed E-state index contributed by atoms with van der Waals surface area (Å²) < 4.78 is 0. The number of halogens is 1. The first-order valence-electron chi connectivity index (χ1n) is 6.85. The smallest absolute Gasteiger partial charge is 0.300 e. The number of nitrogens with zero attached hydrogens (tertiary/aromatic N) is 2. The molecule has 0 heterocycles. The third kappa shape index (κ3) is 3.71. The van der Waals surface area contributed by atoms with Crippen LogP contribution in [0.15, 0.2) is 18.2 Å². The number of hydrogen-bond acceptors (Lipinski definition) is 4. The van der Waals surface area contributed by atoms with Gasteiger partial charge in [-0.25, -0.2) is 0 Å². The molecular formula is C14H18ClN3O3. The molecule has 114 valence electrons. The molecule has 21 heavy (non-hydrogen) atoms. The second kappa shape index (κ2) is 6.41. The summed E-state index contributed by atoms with van der Waals surface area (Å²) in [6.45, 7) is 2.46. The predicted molar refractivity (Wildman–Crippen MR) is 80.7 cm³/mol. The molecule has 0 bridgehead atoms. The quantitative estimate of drug-likeness (QED) is 0.647. The SMILES string of the molecule is CC(CNC(=O)c1cccc(Cl)c1[N+](=O)[O-])N(C)C1CC1. The number of para-hydroxylation sites is 1. The number of amides is 1.